The van der Waals surface area contributed by atoms with Crippen LogP contribution >= 0.6 is 0 Å². The molecule has 3 rings (SSSR count). The highest BCUT2D eigenvalue weighted by atomic mass is 19.4. The molecule has 0 aliphatic rings. The quantitative estimate of drug-likeness (QED) is 0.652. The van der Waals surface area contributed by atoms with Crippen LogP contribution in [0.1, 0.15) is 5.56 Å². The summed E-state index contributed by atoms with van der Waals surface area (Å²) in [5, 5.41) is 7.61. The monoisotopic (exact) mass is 237 g/mol. The Bertz CT molecular complexity index is 700. The zero-order valence-corrected chi connectivity index (χ0v) is 8.42. The number of rotatable bonds is 0. The number of hydrogen-bond acceptors (Lipinski definition) is 2. The number of benzene rings is 1. The van der Waals surface area contributed by atoms with Crippen LogP contribution < -0.4 is 0 Å². The van der Waals surface area contributed by atoms with Crippen molar-refractivity contribution < 1.29 is 13.2 Å². The summed E-state index contributed by atoms with van der Waals surface area (Å²) < 4.78 is 37.7. The zero-order valence-electron chi connectivity index (χ0n) is 8.42. The predicted octanol–water partition coefficient (Wildman–Crippen LogP) is 3.13. The van der Waals surface area contributed by atoms with Gasteiger partial charge in [0.25, 0.3) is 0 Å². The van der Waals surface area contributed by atoms with Gasteiger partial charge in [-0.25, -0.2) is 0 Å². The van der Waals surface area contributed by atoms with Gasteiger partial charge in [-0.15, -0.1) is 0 Å². The van der Waals surface area contributed by atoms with E-state index in [1.54, 1.807) is 12.1 Å². The van der Waals surface area contributed by atoms with Crippen molar-refractivity contribution in [2.24, 2.45) is 0 Å². The number of fused-ring (bicyclic) bond motifs is 3. The summed E-state index contributed by atoms with van der Waals surface area (Å²) in [6.45, 7) is 0. The van der Waals surface area contributed by atoms with Gasteiger partial charge in [0.2, 0.25) is 0 Å². The van der Waals surface area contributed by atoms with Gasteiger partial charge in [0.1, 0.15) is 0 Å². The van der Waals surface area contributed by atoms with Crippen molar-refractivity contribution in [3.8, 4) is 0 Å². The second-order valence-corrected chi connectivity index (χ2v) is 3.69. The van der Waals surface area contributed by atoms with E-state index in [4.69, 9.17) is 0 Å². The molecule has 0 fully saturated rings. The third-order valence-electron chi connectivity index (χ3n) is 2.61. The van der Waals surface area contributed by atoms with Crippen molar-refractivity contribution in [2.75, 3.05) is 0 Å². The lowest BCUT2D eigenvalue weighted by Crippen LogP contribution is -2.05. The van der Waals surface area contributed by atoms with E-state index in [-0.39, 0.29) is 0 Å². The van der Waals surface area contributed by atoms with Crippen LogP contribution in [-0.4, -0.2) is 15.2 Å². The highest BCUT2D eigenvalue weighted by Gasteiger charge is 2.31. The highest BCUT2D eigenvalue weighted by Crippen LogP contribution is 2.32. The smallest absolute Gasteiger partial charge is 0.278 e. The van der Waals surface area contributed by atoms with Gasteiger partial charge in [0.05, 0.1) is 22.8 Å². The molecular weight excluding hydrogens is 231 g/mol. The number of H-pyrrole nitrogens is 1. The summed E-state index contributed by atoms with van der Waals surface area (Å²) >= 11 is 0. The lowest BCUT2D eigenvalue weighted by Gasteiger charge is -2.07. The van der Waals surface area contributed by atoms with E-state index in [1.165, 1.54) is 6.20 Å². The molecule has 0 aliphatic carbocycles. The number of nitrogens with zero attached hydrogens (tertiary/aromatic N) is 2. The number of nitrogens with one attached hydrogen (secondary N) is 1. The van der Waals surface area contributed by atoms with E-state index in [0.29, 0.717) is 21.8 Å². The van der Waals surface area contributed by atoms with Crippen LogP contribution in [0.2, 0.25) is 0 Å². The fourth-order valence-corrected chi connectivity index (χ4v) is 1.78. The van der Waals surface area contributed by atoms with Crippen molar-refractivity contribution in [1.29, 1.82) is 0 Å². The van der Waals surface area contributed by atoms with Gasteiger partial charge in [-0.3, -0.25) is 10.1 Å². The molecule has 3 aromatic rings. The van der Waals surface area contributed by atoms with E-state index >= 15 is 0 Å². The topological polar surface area (TPSA) is 41.6 Å². The van der Waals surface area contributed by atoms with E-state index in [9.17, 15) is 13.2 Å². The van der Waals surface area contributed by atoms with Crippen LogP contribution in [0.5, 0.6) is 0 Å². The Hall–Kier alpha value is -2.11. The van der Waals surface area contributed by atoms with Gasteiger partial charge < -0.3 is 0 Å². The average Bonchev–Trinajstić information content (AvgIpc) is 2.75. The van der Waals surface area contributed by atoms with Crippen molar-refractivity contribution in [2.45, 2.75) is 6.18 Å². The number of hydrogen-bond donors (Lipinski definition) is 1. The maximum atomic E-state index is 12.6. The lowest BCUT2D eigenvalue weighted by atomic mass is 10.1. The van der Waals surface area contributed by atoms with Crippen molar-refractivity contribution in [3.63, 3.8) is 0 Å². The van der Waals surface area contributed by atoms with Gasteiger partial charge in [0, 0.05) is 17.0 Å². The molecule has 2 heterocycles. The zero-order chi connectivity index (χ0) is 12.0. The molecule has 17 heavy (non-hydrogen) atoms. The summed E-state index contributed by atoms with van der Waals surface area (Å²) in [5.74, 6) is 0. The summed E-state index contributed by atoms with van der Waals surface area (Å²) in [4.78, 5) is 3.82. The first kappa shape index (κ1) is 10.1. The number of aromatic amines is 1. The summed E-state index contributed by atoms with van der Waals surface area (Å²) in [6, 6.07) is 4.50. The molecule has 0 amide bonds. The molecule has 6 heteroatoms. The number of halogens is 3. The fourth-order valence-electron chi connectivity index (χ4n) is 1.78. The van der Waals surface area contributed by atoms with Crippen LogP contribution in [0, 0.1) is 0 Å². The SMILES string of the molecule is FC(F)(F)c1cnc2ccc3[nH]ncc3c2c1. The van der Waals surface area contributed by atoms with E-state index < -0.39 is 11.7 Å². The van der Waals surface area contributed by atoms with Gasteiger partial charge in [-0.1, -0.05) is 0 Å². The number of pyridine rings is 1. The van der Waals surface area contributed by atoms with E-state index in [1.807, 2.05) is 0 Å². The van der Waals surface area contributed by atoms with Crippen molar-refractivity contribution in [3.05, 3.63) is 36.2 Å². The van der Waals surface area contributed by atoms with Crippen LogP contribution in [0.3, 0.4) is 0 Å². The number of aromatic nitrogens is 3. The molecule has 0 radical (unpaired) electrons. The summed E-state index contributed by atoms with van der Waals surface area (Å²) in [5.41, 5.74) is 0.462. The third-order valence-corrected chi connectivity index (χ3v) is 2.61. The molecule has 86 valence electrons. The summed E-state index contributed by atoms with van der Waals surface area (Å²) in [6.07, 6.45) is -2.04. The fraction of sp³-hybridized carbons (Fsp3) is 0.0909. The average molecular weight is 237 g/mol. The minimum Gasteiger partial charge on any atom is -0.278 e. The van der Waals surface area contributed by atoms with Crippen LogP contribution in [-0.2, 0) is 6.18 Å². The Labute approximate surface area is 93.3 Å². The molecule has 0 bridgehead atoms. The normalized spacial score (nSPS) is 12.4. The molecule has 0 saturated carbocycles. The van der Waals surface area contributed by atoms with E-state index in [0.717, 1.165) is 12.3 Å². The maximum absolute atomic E-state index is 12.6. The van der Waals surface area contributed by atoms with Gasteiger partial charge in [-0.05, 0) is 18.2 Å². The second kappa shape index (κ2) is 3.19. The maximum Gasteiger partial charge on any atom is 0.417 e. The molecule has 0 atom stereocenters. The number of alkyl halides is 3. The minimum atomic E-state index is -4.38. The first-order valence-electron chi connectivity index (χ1n) is 4.85. The molecule has 0 spiro atoms. The molecule has 0 saturated heterocycles. The molecule has 2 aromatic heterocycles. The van der Waals surface area contributed by atoms with Gasteiger partial charge >= 0.3 is 6.18 Å². The molecule has 3 nitrogen and oxygen atoms in total. The van der Waals surface area contributed by atoms with Crippen LogP contribution in [0.15, 0.2) is 30.6 Å². The molecule has 0 unspecified atom stereocenters. The molecule has 1 N–H and O–H groups in total. The Kier molecular flexibility index (Phi) is 1.89. The standard InChI is InChI=1S/C11H6F3N3/c12-11(13,14)6-3-7-8-5-16-17-10(8)2-1-9(7)15-4-6/h1-5H,(H,16,17). The van der Waals surface area contributed by atoms with Crippen LogP contribution in [0.25, 0.3) is 21.8 Å². The minimum absolute atomic E-state index is 0.450. The highest BCUT2D eigenvalue weighted by molar-refractivity contribution is 6.04. The van der Waals surface area contributed by atoms with Crippen molar-refractivity contribution >= 4 is 21.8 Å². The molecule has 1 aromatic carbocycles. The largest absolute Gasteiger partial charge is 0.417 e. The van der Waals surface area contributed by atoms with E-state index in [2.05, 4.69) is 15.2 Å². The first-order chi connectivity index (χ1) is 8.05. The Morgan fingerprint density at radius 1 is 1.06 bits per heavy atom. The Morgan fingerprint density at radius 3 is 2.65 bits per heavy atom. The van der Waals surface area contributed by atoms with Crippen molar-refractivity contribution in [1.82, 2.24) is 15.2 Å². The second-order valence-electron chi connectivity index (χ2n) is 3.69. The Balaban J connectivity index is 2.40. The lowest BCUT2D eigenvalue weighted by molar-refractivity contribution is -0.137. The predicted molar refractivity (Wildman–Crippen MR) is 56.4 cm³/mol. The third kappa shape index (κ3) is 1.52. The molecule has 0 aliphatic heterocycles. The molecular formula is C11H6F3N3. The summed E-state index contributed by atoms with van der Waals surface area (Å²) in [7, 11) is 0. The Morgan fingerprint density at radius 2 is 1.88 bits per heavy atom. The first-order valence-corrected chi connectivity index (χ1v) is 4.85. The van der Waals surface area contributed by atoms with Crippen LogP contribution in [0.4, 0.5) is 13.2 Å². The van der Waals surface area contributed by atoms with Gasteiger partial charge in [-0.2, -0.15) is 18.3 Å². The van der Waals surface area contributed by atoms with Gasteiger partial charge in [0.15, 0.2) is 0 Å².